The van der Waals surface area contributed by atoms with Crippen molar-refractivity contribution in [1.29, 1.82) is 0 Å². The molecule has 6 nitrogen and oxygen atoms in total. The third-order valence-corrected chi connectivity index (χ3v) is 6.36. The fraction of sp³-hybridized carbons (Fsp3) is 0.481. The van der Waals surface area contributed by atoms with Crippen LogP contribution in [-0.2, 0) is 22.6 Å². The highest BCUT2D eigenvalue weighted by molar-refractivity contribution is 5.88. The van der Waals surface area contributed by atoms with Crippen LogP contribution < -0.4 is 14.8 Å². The molecule has 2 aromatic carbocycles. The lowest BCUT2D eigenvalue weighted by Crippen LogP contribution is -2.51. The van der Waals surface area contributed by atoms with Crippen molar-refractivity contribution in [2.24, 2.45) is 0 Å². The van der Waals surface area contributed by atoms with Crippen LogP contribution in [0.3, 0.4) is 0 Å². The molecular weight excluding hydrogens is 416 g/mol. The third kappa shape index (κ3) is 6.98. The summed E-state index contributed by atoms with van der Waals surface area (Å²) in [6.07, 6.45) is 6.34. The summed E-state index contributed by atoms with van der Waals surface area (Å²) in [4.78, 5) is 28.5. The summed E-state index contributed by atoms with van der Waals surface area (Å²) < 4.78 is 10.5. The van der Waals surface area contributed by atoms with Gasteiger partial charge in [0.05, 0.1) is 20.6 Å². The molecule has 0 aliphatic heterocycles. The molecule has 2 amide bonds. The summed E-state index contributed by atoms with van der Waals surface area (Å²) in [6, 6.07) is 14.8. The summed E-state index contributed by atoms with van der Waals surface area (Å²) in [6.45, 7) is 2.34. The van der Waals surface area contributed by atoms with E-state index in [9.17, 15) is 9.59 Å². The minimum atomic E-state index is -0.514. The average Bonchev–Trinajstić information content (AvgIpc) is 2.85. The molecule has 0 radical (unpaired) electrons. The van der Waals surface area contributed by atoms with E-state index in [4.69, 9.17) is 9.47 Å². The van der Waals surface area contributed by atoms with Crippen molar-refractivity contribution in [2.45, 2.75) is 70.5 Å². The molecule has 33 heavy (non-hydrogen) atoms. The molecule has 2 aromatic rings. The first-order valence-corrected chi connectivity index (χ1v) is 11.9. The summed E-state index contributed by atoms with van der Waals surface area (Å²) >= 11 is 0. The van der Waals surface area contributed by atoms with E-state index in [0.29, 0.717) is 13.0 Å². The number of hydrogen-bond donors (Lipinski definition) is 1. The molecule has 3 rings (SSSR count). The standard InChI is InChI=1S/C27H36N2O4/c1-4-25(27(31)28-22-8-6-5-7-9-22)29(19-21-12-16-24(33-3)17-13-21)26(30)18-20-10-14-23(32-2)15-11-20/h10-17,22,25H,4-9,18-19H2,1-3H3,(H,28,31)/t25-/m0/s1. The molecule has 0 aromatic heterocycles. The SMILES string of the molecule is CC[C@@H](C(=O)NC1CCCCC1)N(Cc1ccc(OC)cc1)C(=O)Cc1ccc(OC)cc1. The molecule has 178 valence electrons. The molecule has 1 N–H and O–H groups in total. The van der Waals surface area contributed by atoms with Crippen LogP contribution in [0.1, 0.15) is 56.6 Å². The smallest absolute Gasteiger partial charge is 0.243 e. The van der Waals surface area contributed by atoms with Gasteiger partial charge in [-0.05, 0) is 54.7 Å². The molecule has 1 aliphatic carbocycles. The van der Waals surface area contributed by atoms with Crippen LogP contribution in [0.15, 0.2) is 48.5 Å². The quantitative estimate of drug-likeness (QED) is 0.576. The fourth-order valence-corrected chi connectivity index (χ4v) is 4.41. The van der Waals surface area contributed by atoms with Gasteiger partial charge < -0.3 is 19.7 Å². The van der Waals surface area contributed by atoms with Gasteiger partial charge >= 0.3 is 0 Å². The van der Waals surface area contributed by atoms with Gasteiger partial charge in [0.2, 0.25) is 11.8 Å². The summed E-state index contributed by atoms with van der Waals surface area (Å²) in [5.41, 5.74) is 1.85. The Morgan fingerprint density at radius 1 is 0.909 bits per heavy atom. The zero-order valence-electron chi connectivity index (χ0n) is 20.0. The van der Waals surface area contributed by atoms with Crippen LogP contribution >= 0.6 is 0 Å². The lowest BCUT2D eigenvalue weighted by Gasteiger charge is -2.33. The number of nitrogens with zero attached hydrogens (tertiary/aromatic N) is 1. The number of methoxy groups -OCH3 is 2. The van der Waals surface area contributed by atoms with Gasteiger partial charge in [0, 0.05) is 12.6 Å². The number of amides is 2. The maximum Gasteiger partial charge on any atom is 0.243 e. The van der Waals surface area contributed by atoms with E-state index in [1.165, 1.54) is 6.42 Å². The van der Waals surface area contributed by atoms with Crippen molar-refractivity contribution in [3.8, 4) is 11.5 Å². The second kappa shape index (κ2) is 12.3. The van der Waals surface area contributed by atoms with E-state index in [0.717, 1.165) is 48.3 Å². The molecule has 6 heteroatoms. The van der Waals surface area contributed by atoms with Gasteiger partial charge in [0.25, 0.3) is 0 Å². The minimum Gasteiger partial charge on any atom is -0.497 e. The Morgan fingerprint density at radius 2 is 1.45 bits per heavy atom. The van der Waals surface area contributed by atoms with Crippen LogP contribution in [0.2, 0.25) is 0 Å². The topological polar surface area (TPSA) is 67.9 Å². The number of nitrogens with one attached hydrogen (secondary N) is 1. The molecule has 0 unspecified atom stereocenters. The normalized spacial score (nSPS) is 14.9. The Kier molecular flexibility index (Phi) is 9.16. The van der Waals surface area contributed by atoms with Crippen LogP contribution in [0.25, 0.3) is 0 Å². The maximum absolute atomic E-state index is 13.5. The number of carbonyl (C=O) groups is 2. The molecule has 0 heterocycles. The van der Waals surface area contributed by atoms with Crippen LogP contribution in [0.5, 0.6) is 11.5 Å². The highest BCUT2D eigenvalue weighted by Crippen LogP contribution is 2.21. The van der Waals surface area contributed by atoms with E-state index in [2.05, 4.69) is 5.32 Å². The number of rotatable bonds is 10. The largest absolute Gasteiger partial charge is 0.497 e. The van der Waals surface area contributed by atoms with E-state index < -0.39 is 6.04 Å². The molecule has 1 fully saturated rings. The minimum absolute atomic E-state index is 0.0546. The van der Waals surface area contributed by atoms with E-state index in [1.54, 1.807) is 19.1 Å². The summed E-state index contributed by atoms with van der Waals surface area (Å²) in [5, 5.41) is 3.22. The highest BCUT2D eigenvalue weighted by Gasteiger charge is 2.30. The van der Waals surface area contributed by atoms with E-state index in [1.807, 2.05) is 55.5 Å². The first kappa shape index (κ1) is 24.6. The maximum atomic E-state index is 13.5. The Hall–Kier alpha value is -3.02. The predicted molar refractivity (Wildman–Crippen MR) is 129 cm³/mol. The van der Waals surface area contributed by atoms with Crippen molar-refractivity contribution in [3.63, 3.8) is 0 Å². The molecule has 1 aliphatic rings. The molecule has 1 saturated carbocycles. The van der Waals surface area contributed by atoms with Gasteiger partial charge in [-0.3, -0.25) is 9.59 Å². The van der Waals surface area contributed by atoms with Gasteiger partial charge in [-0.15, -0.1) is 0 Å². The summed E-state index contributed by atoms with van der Waals surface area (Å²) in [5.74, 6) is 1.39. The Balaban J connectivity index is 1.79. The Labute approximate surface area is 197 Å². The number of benzene rings is 2. The van der Waals surface area contributed by atoms with Gasteiger partial charge in [0.1, 0.15) is 17.5 Å². The van der Waals surface area contributed by atoms with Gasteiger partial charge in [-0.25, -0.2) is 0 Å². The van der Waals surface area contributed by atoms with Crippen molar-refractivity contribution in [3.05, 3.63) is 59.7 Å². The average molecular weight is 453 g/mol. The fourth-order valence-electron chi connectivity index (χ4n) is 4.41. The predicted octanol–water partition coefficient (Wildman–Crippen LogP) is 4.50. The molecule has 0 bridgehead atoms. The van der Waals surface area contributed by atoms with Crippen molar-refractivity contribution < 1.29 is 19.1 Å². The van der Waals surface area contributed by atoms with Gasteiger partial charge in [-0.1, -0.05) is 50.5 Å². The second-order valence-corrected chi connectivity index (χ2v) is 8.66. The lowest BCUT2D eigenvalue weighted by atomic mass is 9.95. The van der Waals surface area contributed by atoms with Crippen molar-refractivity contribution in [2.75, 3.05) is 14.2 Å². The third-order valence-electron chi connectivity index (χ3n) is 6.36. The lowest BCUT2D eigenvalue weighted by molar-refractivity contribution is -0.141. The van der Waals surface area contributed by atoms with Gasteiger partial charge in [0.15, 0.2) is 0 Å². The molecule has 0 saturated heterocycles. The van der Waals surface area contributed by atoms with Gasteiger partial charge in [-0.2, -0.15) is 0 Å². The molecule has 1 atom stereocenters. The Morgan fingerprint density at radius 3 is 1.97 bits per heavy atom. The number of hydrogen-bond acceptors (Lipinski definition) is 4. The molecular formula is C27H36N2O4. The van der Waals surface area contributed by atoms with Crippen LogP contribution in [0, 0.1) is 0 Å². The molecule has 0 spiro atoms. The van der Waals surface area contributed by atoms with Crippen LogP contribution in [0.4, 0.5) is 0 Å². The van der Waals surface area contributed by atoms with Crippen LogP contribution in [-0.4, -0.2) is 43.0 Å². The number of ether oxygens (including phenoxy) is 2. The monoisotopic (exact) mass is 452 g/mol. The van der Waals surface area contributed by atoms with Crippen molar-refractivity contribution >= 4 is 11.8 Å². The Bertz CT molecular complexity index is 889. The highest BCUT2D eigenvalue weighted by atomic mass is 16.5. The van der Waals surface area contributed by atoms with Crippen molar-refractivity contribution in [1.82, 2.24) is 10.2 Å². The van der Waals surface area contributed by atoms with E-state index in [-0.39, 0.29) is 24.3 Å². The first-order chi connectivity index (χ1) is 16.0. The zero-order valence-corrected chi connectivity index (χ0v) is 20.0. The van der Waals surface area contributed by atoms with E-state index >= 15 is 0 Å². The first-order valence-electron chi connectivity index (χ1n) is 11.9. The number of carbonyl (C=O) groups excluding carboxylic acids is 2. The second-order valence-electron chi connectivity index (χ2n) is 8.66. The summed E-state index contributed by atoms with van der Waals surface area (Å²) in [7, 11) is 3.25. The zero-order chi connectivity index (χ0) is 23.6.